The van der Waals surface area contributed by atoms with E-state index in [1.165, 1.54) is 12.7 Å². The number of aromatic nitrogens is 3. The summed E-state index contributed by atoms with van der Waals surface area (Å²) >= 11 is 6.16. The summed E-state index contributed by atoms with van der Waals surface area (Å²) < 4.78 is 6.22. The third-order valence-electron chi connectivity index (χ3n) is 7.40. The van der Waals surface area contributed by atoms with Gasteiger partial charge in [0.2, 0.25) is 0 Å². The van der Waals surface area contributed by atoms with Gasteiger partial charge < -0.3 is 24.6 Å². The molecule has 0 saturated carbocycles. The normalized spacial score (nSPS) is 18.4. The van der Waals surface area contributed by atoms with Crippen molar-refractivity contribution in [1.82, 2.24) is 24.8 Å². The number of H-pyrrole nitrogens is 1. The molecule has 35 heavy (non-hydrogen) atoms. The third kappa shape index (κ3) is 5.94. The fraction of sp³-hybridized carbons (Fsp3) is 0.500. The van der Waals surface area contributed by atoms with Crippen molar-refractivity contribution in [2.24, 2.45) is 5.92 Å². The molecule has 0 atom stereocenters. The maximum Gasteiger partial charge on any atom is 0.407 e. The molecule has 8 nitrogen and oxygen atoms in total. The number of nitrogens with zero attached hydrogens (tertiary/aromatic N) is 4. The van der Waals surface area contributed by atoms with E-state index in [4.69, 9.17) is 21.4 Å². The van der Waals surface area contributed by atoms with Crippen molar-refractivity contribution in [2.45, 2.75) is 44.8 Å². The number of halogens is 1. The summed E-state index contributed by atoms with van der Waals surface area (Å²) in [6.07, 6.45) is 6.26. The van der Waals surface area contributed by atoms with Gasteiger partial charge >= 0.3 is 6.09 Å². The largest absolute Gasteiger partial charge is 0.465 e. The van der Waals surface area contributed by atoms with Crippen molar-refractivity contribution < 1.29 is 14.6 Å². The van der Waals surface area contributed by atoms with Gasteiger partial charge in [-0.1, -0.05) is 35.9 Å². The first-order valence-corrected chi connectivity index (χ1v) is 12.8. The zero-order valence-corrected chi connectivity index (χ0v) is 20.6. The van der Waals surface area contributed by atoms with Crippen molar-refractivity contribution in [3.05, 3.63) is 47.4 Å². The Morgan fingerprint density at radius 3 is 2.51 bits per heavy atom. The lowest BCUT2D eigenvalue weighted by atomic mass is 9.93. The van der Waals surface area contributed by atoms with E-state index < -0.39 is 6.09 Å². The van der Waals surface area contributed by atoms with Crippen molar-refractivity contribution in [2.75, 3.05) is 32.7 Å². The lowest BCUT2D eigenvalue weighted by Crippen LogP contribution is -2.40. The fourth-order valence-electron chi connectivity index (χ4n) is 5.14. The lowest BCUT2D eigenvalue weighted by Gasteiger charge is -2.34. The van der Waals surface area contributed by atoms with Crippen molar-refractivity contribution in [1.29, 1.82) is 0 Å². The van der Waals surface area contributed by atoms with Gasteiger partial charge in [0, 0.05) is 31.9 Å². The highest BCUT2D eigenvalue weighted by molar-refractivity contribution is 6.34. The van der Waals surface area contributed by atoms with E-state index in [9.17, 15) is 4.79 Å². The van der Waals surface area contributed by atoms with E-state index in [0.717, 1.165) is 73.2 Å². The fourth-order valence-corrected chi connectivity index (χ4v) is 5.33. The van der Waals surface area contributed by atoms with Crippen LogP contribution in [0.15, 0.2) is 36.7 Å². The van der Waals surface area contributed by atoms with Crippen LogP contribution >= 0.6 is 11.6 Å². The second-order valence-electron chi connectivity index (χ2n) is 9.66. The van der Waals surface area contributed by atoms with Crippen LogP contribution < -0.4 is 0 Å². The molecule has 2 saturated heterocycles. The van der Waals surface area contributed by atoms with Crippen LogP contribution in [0.5, 0.6) is 0 Å². The number of hydrogen-bond acceptors (Lipinski definition) is 5. The number of amides is 1. The summed E-state index contributed by atoms with van der Waals surface area (Å²) in [6.45, 7) is 5.24. The average molecular weight is 498 g/mol. The molecule has 0 aliphatic carbocycles. The Morgan fingerprint density at radius 2 is 1.83 bits per heavy atom. The summed E-state index contributed by atoms with van der Waals surface area (Å²) in [5, 5.41) is 10.4. The van der Waals surface area contributed by atoms with Gasteiger partial charge in [0.05, 0.1) is 18.1 Å². The standard InChI is InChI=1S/C26H32ClN5O3/c27-24-22-15-23(30-25(22)29-17-28-24)20-3-1-19(2-4-20)16-35-21-8-11-31(12-9-21)10-5-18-6-13-32(14-7-18)26(33)34/h1-4,15,17-18,21H,5-14,16H2,(H,33,34)(H,28,29,30). The first-order valence-electron chi connectivity index (χ1n) is 12.5. The Hall–Kier alpha value is -2.68. The Kier molecular flexibility index (Phi) is 7.51. The quantitative estimate of drug-likeness (QED) is 0.444. The van der Waals surface area contributed by atoms with Crippen LogP contribution in [-0.2, 0) is 11.3 Å². The molecule has 1 amide bonds. The summed E-state index contributed by atoms with van der Waals surface area (Å²) in [4.78, 5) is 26.7. The number of aromatic amines is 1. The molecular weight excluding hydrogens is 466 g/mol. The molecule has 2 fully saturated rings. The van der Waals surface area contributed by atoms with Crippen molar-refractivity contribution >= 4 is 28.7 Å². The highest BCUT2D eigenvalue weighted by atomic mass is 35.5. The van der Waals surface area contributed by atoms with Crippen molar-refractivity contribution in [3.8, 4) is 11.3 Å². The van der Waals surface area contributed by atoms with E-state index in [1.54, 1.807) is 4.90 Å². The first-order chi connectivity index (χ1) is 17.0. The highest BCUT2D eigenvalue weighted by Crippen LogP contribution is 2.27. The van der Waals surface area contributed by atoms with Gasteiger partial charge in [-0.15, -0.1) is 0 Å². The number of piperidine rings is 2. The Balaban J connectivity index is 1.03. The van der Waals surface area contributed by atoms with E-state index in [0.29, 0.717) is 36.9 Å². The molecular formula is C26H32ClN5O3. The van der Waals surface area contributed by atoms with E-state index in [1.807, 2.05) is 6.07 Å². The number of hydrogen-bond donors (Lipinski definition) is 2. The maximum atomic E-state index is 11.1. The van der Waals surface area contributed by atoms with Crippen LogP contribution in [0.1, 0.15) is 37.7 Å². The predicted molar refractivity (Wildman–Crippen MR) is 136 cm³/mol. The van der Waals surface area contributed by atoms with Crippen LogP contribution in [0.25, 0.3) is 22.3 Å². The molecule has 2 aromatic heterocycles. The van der Waals surface area contributed by atoms with Crippen LogP contribution in [0.4, 0.5) is 4.79 Å². The predicted octanol–water partition coefficient (Wildman–Crippen LogP) is 5.04. The second-order valence-corrected chi connectivity index (χ2v) is 10.0. The molecule has 0 bridgehead atoms. The average Bonchev–Trinajstić information content (AvgIpc) is 3.33. The summed E-state index contributed by atoms with van der Waals surface area (Å²) in [5.74, 6) is 0.650. The van der Waals surface area contributed by atoms with Gasteiger partial charge in [0.15, 0.2) is 0 Å². The van der Waals surface area contributed by atoms with E-state index in [2.05, 4.69) is 44.1 Å². The molecule has 0 unspecified atom stereocenters. The van der Waals surface area contributed by atoms with Gasteiger partial charge in [-0.3, -0.25) is 0 Å². The molecule has 9 heteroatoms. The first kappa shape index (κ1) is 24.0. The SMILES string of the molecule is O=C(O)N1CCC(CCN2CCC(OCc3ccc(-c4cc5c(Cl)ncnc5[nH]4)cc3)CC2)CC1. The minimum Gasteiger partial charge on any atom is -0.465 e. The maximum absolute atomic E-state index is 11.1. The lowest BCUT2D eigenvalue weighted by molar-refractivity contribution is -0.00364. The number of likely N-dealkylation sites (tertiary alicyclic amines) is 2. The van der Waals surface area contributed by atoms with Gasteiger partial charge in [0.1, 0.15) is 17.1 Å². The van der Waals surface area contributed by atoms with Crippen LogP contribution in [0, 0.1) is 5.92 Å². The van der Waals surface area contributed by atoms with Gasteiger partial charge in [0.25, 0.3) is 0 Å². The number of fused-ring (bicyclic) bond motifs is 1. The van der Waals surface area contributed by atoms with Crippen LogP contribution in [-0.4, -0.2) is 74.8 Å². The summed E-state index contributed by atoms with van der Waals surface area (Å²) in [7, 11) is 0. The van der Waals surface area contributed by atoms with Gasteiger partial charge in [-0.05, 0) is 61.8 Å². The second kappa shape index (κ2) is 10.9. The molecule has 2 aliphatic heterocycles. The minimum atomic E-state index is -0.781. The highest BCUT2D eigenvalue weighted by Gasteiger charge is 2.24. The van der Waals surface area contributed by atoms with E-state index in [-0.39, 0.29) is 0 Å². The zero-order chi connectivity index (χ0) is 24.2. The number of carboxylic acid groups (broad SMARTS) is 1. The van der Waals surface area contributed by atoms with Crippen molar-refractivity contribution in [3.63, 3.8) is 0 Å². The number of ether oxygens (including phenoxy) is 1. The molecule has 0 radical (unpaired) electrons. The minimum absolute atomic E-state index is 0.305. The molecule has 0 spiro atoms. The monoisotopic (exact) mass is 497 g/mol. The van der Waals surface area contributed by atoms with E-state index >= 15 is 0 Å². The Morgan fingerprint density at radius 1 is 1.09 bits per heavy atom. The number of carbonyl (C=O) groups is 1. The number of rotatable bonds is 7. The smallest absolute Gasteiger partial charge is 0.407 e. The Bertz CT molecular complexity index is 1140. The third-order valence-corrected chi connectivity index (χ3v) is 7.70. The van der Waals surface area contributed by atoms with Gasteiger partial charge in [-0.25, -0.2) is 14.8 Å². The molecule has 2 N–H and O–H groups in total. The van der Waals surface area contributed by atoms with Crippen LogP contribution in [0.2, 0.25) is 5.15 Å². The number of nitrogens with one attached hydrogen (secondary N) is 1. The topological polar surface area (TPSA) is 94.6 Å². The molecule has 5 rings (SSSR count). The van der Waals surface area contributed by atoms with Gasteiger partial charge in [-0.2, -0.15) is 0 Å². The molecule has 2 aliphatic rings. The molecule has 4 heterocycles. The molecule has 1 aromatic carbocycles. The summed E-state index contributed by atoms with van der Waals surface area (Å²) in [5.41, 5.74) is 3.94. The number of benzene rings is 1. The molecule has 3 aromatic rings. The zero-order valence-electron chi connectivity index (χ0n) is 19.8. The summed E-state index contributed by atoms with van der Waals surface area (Å²) in [6, 6.07) is 10.4. The van der Waals surface area contributed by atoms with Crippen LogP contribution in [0.3, 0.4) is 0 Å². The molecule has 186 valence electrons. The Labute approximate surface area is 210 Å².